The topological polar surface area (TPSA) is 78.9 Å². The standard InChI is InChI=1S/C28H36F6O6/c1-24(2,3)16-11-7-13(17(16)25(4,5)6)14(8-11)20(35)38-18-12-9-15-19(18)39-22(36)26(15,10-12)23(37)40-21(27(29,30)31)28(32,33)34/h11-19,21H,7-10H2,1-6H3. The van der Waals surface area contributed by atoms with Crippen LogP contribution in [0.25, 0.3) is 0 Å². The lowest BCUT2D eigenvalue weighted by Crippen LogP contribution is -2.51. The van der Waals surface area contributed by atoms with E-state index in [4.69, 9.17) is 9.47 Å². The van der Waals surface area contributed by atoms with Crippen molar-refractivity contribution in [3.63, 3.8) is 0 Å². The quantitative estimate of drug-likeness (QED) is 0.179. The zero-order chi connectivity index (χ0) is 30.0. The van der Waals surface area contributed by atoms with E-state index in [1.807, 2.05) is 0 Å². The van der Waals surface area contributed by atoms with Crippen LogP contribution in [0.1, 0.15) is 67.2 Å². The molecule has 0 aromatic heterocycles. The SMILES string of the molecule is CC(C)(C)C1C2CC(C(=O)OC3C4CC5C3OC(=O)C5(C(=O)OC(C(F)(F)F)C(F)(F)F)C4)C(C2)C1C(C)(C)C. The van der Waals surface area contributed by atoms with Gasteiger partial charge in [-0.1, -0.05) is 41.5 Å². The summed E-state index contributed by atoms with van der Waals surface area (Å²) >= 11 is 0. The van der Waals surface area contributed by atoms with Gasteiger partial charge in [-0.05, 0) is 60.2 Å². The molecule has 4 aliphatic carbocycles. The van der Waals surface area contributed by atoms with E-state index in [1.54, 1.807) is 0 Å². The van der Waals surface area contributed by atoms with Crippen LogP contribution in [-0.4, -0.2) is 48.6 Å². The molecule has 226 valence electrons. The minimum absolute atomic E-state index is 0.0472. The van der Waals surface area contributed by atoms with Crippen LogP contribution in [0.5, 0.6) is 0 Å². The van der Waals surface area contributed by atoms with Gasteiger partial charge in [0.15, 0.2) is 5.41 Å². The van der Waals surface area contributed by atoms with Crippen LogP contribution < -0.4 is 0 Å². The first-order valence-corrected chi connectivity index (χ1v) is 13.8. The first-order valence-electron chi connectivity index (χ1n) is 13.8. The summed E-state index contributed by atoms with van der Waals surface area (Å²) < 4.78 is 93.3. The van der Waals surface area contributed by atoms with Crippen molar-refractivity contribution in [1.29, 1.82) is 0 Å². The van der Waals surface area contributed by atoms with E-state index >= 15 is 0 Å². The molecule has 4 bridgehead atoms. The van der Waals surface area contributed by atoms with E-state index in [1.165, 1.54) is 0 Å². The fraction of sp³-hybridized carbons (Fsp3) is 0.893. The molecule has 0 aromatic rings. The minimum atomic E-state index is -5.90. The van der Waals surface area contributed by atoms with Gasteiger partial charge in [0.25, 0.3) is 6.10 Å². The van der Waals surface area contributed by atoms with Crippen molar-refractivity contribution in [3.05, 3.63) is 0 Å². The van der Waals surface area contributed by atoms with Gasteiger partial charge in [0.05, 0.1) is 5.92 Å². The zero-order valence-electron chi connectivity index (χ0n) is 23.3. The lowest BCUT2D eigenvalue weighted by atomic mass is 9.57. The van der Waals surface area contributed by atoms with Gasteiger partial charge in [-0.3, -0.25) is 14.4 Å². The zero-order valence-corrected chi connectivity index (χ0v) is 23.3. The first kappa shape index (κ1) is 29.5. The predicted molar refractivity (Wildman–Crippen MR) is 126 cm³/mol. The van der Waals surface area contributed by atoms with Gasteiger partial charge in [0, 0.05) is 11.8 Å². The predicted octanol–water partition coefficient (Wildman–Crippen LogP) is 5.87. The number of esters is 3. The summed E-state index contributed by atoms with van der Waals surface area (Å²) in [4.78, 5) is 39.1. The number of fused-ring (bicyclic) bond motifs is 3. The molecule has 5 fully saturated rings. The summed E-state index contributed by atoms with van der Waals surface area (Å²) in [6.45, 7) is 13.2. The molecule has 12 heteroatoms. The van der Waals surface area contributed by atoms with Crippen molar-refractivity contribution in [3.8, 4) is 0 Å². The summed E-state index contributed by atoms with van der Waals surface area (Å²) in [7, 11) is 0. The summed E-state index contributed by atoms with van der Waals surface area (Å²) in [6.07, 6.45) is -16.9. The number of ether oxygens (including phenoxy) is 3. The fourth-order valence-electron chi connectivity index (χ4n) is 9.24. The number of carbonyl (C=O) groups excluding carboxylic acids is 3. The molecule has 40 heavy (non-hydrogen) atoms. The van der Waals surface area contributed by atoms with Crippen LogP contribution in [0.4, 0.5) is 26.3 Å². The van der Waals surface area contributed by atoms with Crippen LogP contribution in [0.15, 0.2) is 0 Å². The lowest BCUT2D eigenvalue weighted by Gasteiger charge is -2.48. The number of alkyl halides is 6. The van der Waals surface area contributed by atoms with E-state index in [-0.39, 0.29) is 41.4 Å². The van der Waals surface area contributed by atoms with Crippen LogP contribution in [0.2, 0.25) is 0 Å². The Kier molecular flexibility index (Phi) is 6.45. The summed E-state index contributed by atoms with van der Waals surface area (Å²) in [5.41, 5.74) is -2.25. The molecule has 4 saturated carbocycles. The normalized spacial score (nSPS) is 40.6. The molecular formula is C28H36F6O6. The molecule has 0 N–H and O–H groups in total. The van der Waals surface area contributed by atoms with Crippen molar-refractivity contribution >= 4 is 17.9 Å². The van der Waals surface area contributed by atoms with Crippen molar-refractivity contribution in [1.82, 2.24) is 0 Å². The Morgan fingerprint density at radius 2 is 1.45 bits per heavy atom. The molecule has 10 unspecified atom stereocenters. The van der Waals surface area contributed by atoms with Crippen molar-refractivity contribution in [2.45, 2.75) is 97.9 Å². The Morgan fingerprint density at radius 3 is 1.98 bits per heavy atom. The number of hydrogen-bond donors (Lipinski definition) is 0. The van der Waals surface area contributed by atoms with Gasteiger partial charge in [-0.25, -0.2) is 0 Å². The smallest absolute Gasteiger partial charge is 0.434 e. The van der Waals surface area contributed by atoms with E-state index in [0.29, 0.717) is 18.3 Å². The largest absolute Gasteiger partial charge is 0.458 e. The maximum atomic E-state index is 13.5. The Bertz CT molecular complexity index is 1070. The summed E-state index contributed by atoms with van der Waals surface area (Å²) in [5.74, 6) is -4.35. The van der Waals surface area contributed by atoms with E-state index < -0.39 is 65.8 Å². The number of hydrogen-bond acceptors (Lipinski definition) is 6. The highest BCUT2D eigenvalue weighted by Crippen LogP contribution is 2.66. The number of carbonyl (C=O) groups is 3. The van der Waals surface area contributed by atoms with Crippen molar-refractivity contribution in [2.24, 2.45) is 57.7 Å². The lowest BCUT2D eigenvalue weighted by molar-refractivity contribution is -0.315. The highest BCUT2D eigenvalue weighted by Gasteiger charge is 2.77. The first-order chi connectivity index (χ1) is 18.1. The number of halogens is 6. The van der Waals surface area contributed by atoms with Crippen LogP contribution in [-0.2, 0) is 28.6 Å². The number of rotatable bonds is 4. The van der Waals surface area contributed by atoms with Gasteiger partial charge in [0.1, 0.15) is 12.2 Å². The second-order valence-corrected chi connectivity index (χ2v) is 14.7. The monoisotopic (exact) mass is 582 g/mol. The Morgan fingerprint density at radius 1 is 0.875 bits per heavy atom. The summed E-state index contributed by atoms with van der Waals surface area (Å²) in [5, 5.41) is 0. The van der Waals surface area contributed by atoms with E-state index in [2.05, 4.69) is 46.3 Å². The average molecular weight is 583 g/mol. The van der Waals surface area contributed by atoms with Crippen LogP contribution in [0, 0.1) is 57.7 Å². The molecule has 5 rings (SSSR count). The molecule has 0 spiro atoms. The molecule has 6 nitrogen and oxygen atoms in total. The Balaban J connectivity index is 1.31. The van der Waals surface area contributed by atoms with Crippen molar-refractivity contribution in [2.75, 3.05) is 0 Å². The van der Waals surface area contributed by atoms with E-state index in [9.17, 15) is 40.7 Å². The average Bonchev–Trinajstić information content (AvgIpc) is 3.54. The Labute approximate surface area is 228 Å². The molecule has 1 aliphatic heterocycles. The highest BCUT2D eigenvalue weighted by atomic mass is 19.4. The molecule has 0 radical (unpaired) electrons. The molecule has 1 heterocycles. The van der Waals surface area contributed by atoms with Gasteiger partial charge >= 0.3 is 30.3 Å². The third kappa shape index (κ3) is 4.32. The molecule has 10 atom stereocenters. The maximum absolute atomic E-state index is 13.5. The Hall–Kier alpha value is -2.01. The van der Waals surface area contributed by atoms with Crippen LogP contribution in [0.3, 0.4) is 0 Å². The van der Waals surface area contributed by atoms with Crippen molar-refractivity contribution < 1.29 is 54.9 Å². The van der Waals surface area contributed by atoms with Gasteiger partial charge < -0.3 is 14.2 Å². The van der Waals surface area contributed by atoms with E-state index in [0.717, 1.165) is 6.42 Å². The maximum Gasteiger partial charge on any atom is 0.434 e. The minimum Gasteiger partial charge on any atom is -0.458 e. The molecule has 5 aliphatic rings. The molecular weight excluding hydrogens is 546 g/mol. The third-order valence-corrected chi connectivity index (χ3v) is 10.3. The second-order valence-electron chi connectivity index (χ2n) is 14.7. The highest BCUT2D eigenvalue weighted by molar-refractivity contribution is 6.03. The van der Waals surface area contributed by atoms with Crippen LogP contribution >= 0.6 is 0 Å². The summed E-state index contributed by atoms with van der Waals surface area (Å²) in [6, 6.07) is 0. The molecule has 1 saturated heterocycles. The second kappa shape index (κ2) is 8.75. The van der Waals surface area contributed by atoms with Gasteiger partial charge in [-0.15, -0.1) is 0 Å². The third-order valence-electron chi connectivity index (χ3n) is 10.3. The molecule has 0 aromatic carbocycles. The van der Waals surface area contributed by atoms with Gasteiger partial charge in [-0.2, -0.15) is 26.3 Å². The van der Waals surface area contributed by atoms with Gasteiger partial charge in [0.2, 0.25) is 0 Å². The fourth-order valence-corrected chi connectivity index (χ4v) is 9.24. The molecule has 0 amide bonds.